The summed E-state index contributed by atoms with van der Waals surface area (Å²) in [6.07, 6.45) is 1.81. The summed E-state index contributed by atoms with van der Waals surface area (Å²) in [6.45, 7) is 0. The van der Waals surface area contributed by atoms with Crippen molar-refractivity contribution < 1.29 is 23.6 Å². The van der Waals surface area contributed by atoms with Gasteiger partial charge in [-0.3, -0.25) is 20.0 Å². The number of hydrogen-bond acceptors (Lipinski definition) is 6. The van der Waals surface area contributed by atoms with Gasteiger partial charge in [-0.15, -0.1) is 5.06 Å². The van der Waals surface area contributed by atoms with Crippen molar-refractivity contribution in [1.29, 1.82) is 0 Å². The smallest absolute Gasteiger partial charge is 0.326 e. The molecule has 0 bridgehead atoms. The zero-order valence-corrected chi connectivity index (χ0v) is 12.8. The van der Waals surface area contributed by atoms with Gasteiger partial charge in [-0.25, -0.2) is 9.18 Å². The van der Waals surface area contributed by atoms with E-state index in [0.29, 0.717) is 5.06 Å². The SMILES string of the molecule is [B]N=NNc1ccc(Cl)c(F)c1/C=C/C(=O)ON1C(=O)CCC1=O. The van der Waals surface area contributed by atoms with Crippen LogP contribution in [0.4, 0.5) is 10.1 Å². The summed E-state index contributed by atoms with van der Waals surface area (Å²) in [5.74, 6) is -3.11. The fourth-order valence-electron chi connectivity index (χ4n) is 1.84. The number of hydroxylamine groups is 2. The third-order valence-electron chi connectivity index (χ3n) is 2.93. The fraction of sp³-hybridized carbons (Fsp3) is 0.154. The number of carbonyl (C=O) groups is 3. The van der Waals surface area contributed by atoms with E-state index in [1.54, 1.807) is 0 Å². The molecule has 0 saturated carbocycles. The summed E-state index contributed by atoms with van der Waals surface area (Å²) in [6, 6.07) is 2.65. The number of rotatable bonds is 5. The number of nitrogens with one attached hydrogen (secondary N) is 1. The Bertz CT molecular complexity index is 740. The largest absolute Gasteiger partial charge is 0.356 e. The van der Waals surface area contributed by atoms with Crippen molar-refractivity contribution in [3.63, 3.8) is 0 Å². The molecule has 1 aromatic rings. The number of nitrogens with zero attached hydrogens (tertiary/aromatic N) is 3. The molecule has 2 rings (SSSR count). The van der Waals surface area contributed by atoms with Crippen molar-refractivity contribution in [2.45, 2.75) is 12.8 Å². The Labute approximate surface area is 141 Å². The predicted molar refractivity (Wildman–Crippen MR) is 81.9 cm³/mol. The summed E-state index contributed by atoms with van der Waals surface area (Å²) in [4.78, 5) is 39.0. The molecule has 122 valence electrons. The van der Waals surface area contributed by atoms with E-state index in [4.69, 9.17) is 19.6 Å². The molecule has 1 heterocycles. The number of anilines is 1. The van der Waals surface area contributed by atoms with E-state index in [9.17, 15) is 18.8 Å². The van der Waals surface area contributed by atoms with E-state index < -0.39 is 23.6 Å². The molecule has 2 amide bonds. The number of imide groups is 1. The summed E-state index contributed by atoms with van der Waals surface area (Å²) in [5.41, 5.74) is 2.36. The summed E-state index contributed by atoms with van der Waals surface area (Å²) < 4.78 is 14.1. The Morgan fingerprint density at radius 1 is 1.38 bits per heavy atom. The lowest BCUT2D eigenvalue weighted by Gasteiger charge is -2.11. The standard InChI is InChI=1S/C13H9BClFN4O4/c14-18-19-17-9-3-2-8(15)13(16)7(9)1-6-12(23)24-20-10(21)4-5-11(20)22/h1-3,6H,4-5H2,(H,17,18)/b6-1+. The Morgan fingerprint density at radius 3 is 2.67 bits per heavy atom. The Kier molecular flexibility index (Phi) is 5.64. The highest BCUT2D eigenvalue weighted by atomic mass is 35.5. The first kappa shape index (κ1) is 17.6. The molecule has 0 spiro atoms. The lowest BCUT2D eigenvalue weighted by molar-refractivity contribution is -0.193. The average molecular weight is 351 g/mol. The van der Waals surface area contributed by atoms with Gasteiger partial charge in [0.05, 0.1) is 10.7 Å². The van der Waals surface area contributed by atoms with Crippen molar-refractivity contribution in [2.24, 2.45) is 10.2 Å². The van der Waals surface area contributed by atoms with E-state index in [0.717, 1.165) is 12.2 Å². The molecule has 1 aliphatic rings. The first-order chi connectivity index (χ1) is 11.4. The van der Waals surface area contributed by atoms with Crippen LogP contribution in [0.15, 0.2) is 28.5 Å². The minimum absolute atomic E-state index is 0.0308. The third-order valence-corrected chi connectivity index (χ3v) is 3.23. The van der Waals surface area contributed by atoms with E-state index in [1.165, 1.54) is 12.1 Å². The van der Waals surface area contributed by atoms with Gasteiger partial charge < -0.3 is 4.84 Å². The van der Waals surface area contributed by atoms with Gasteiger partial charge in [0.15, 0.2) is 5.82 Å². The zero-order valence-electron chi connectivity index (χ0n) is 12.0. The molecule has 0 aliphatic carbocycles. The highest BCUT2D eigenvalue weighted by Crippen LogP contribution is 2.27. The predicted octanol–water partition coefficient (Wildman–Crippen LogP) is 1.96. The number of hydrogen-bond donors (Lipinski definition) is 1. The highest BCUT2D eigenvalue weighted by molar-refractivity contribution is 6.31. The minimum atomic E-state index is -1.04. The van der Waals surface area contributed by atoms with Crippen molar-refractivity contribution in [2.75, 3.05) is 5.43 Å². The molecule has 1 aliphatic heterocycles. The van der Waals surface area contributed by atoms with Gasteiger partial charge >= 0.3 is 5.97 Å². The first-order valence-electron chi connectivity index (χ1n) is 6.53. The summed E-state index contributed by atoms with van der Waals surface area (Å²) in [7, 11) is 4.85. The van der Waals surface area contributed by atoms with E-state index >= 15 is 0 Å². The average Bonchev–Trinajstić information content (AvgIpc) is 2.87. The van der Waals surface area contributed by atoms with Gasteiger partial charge in [0, 0.05) is 24.5 Å². The van der Waals surface area contributed by atoms with Crippen molar-refractivity contribution in [3.05, 3.63) is 34.6 Å². The topological polar surface area (TPSA) is 100 Å². The van der Waals surface area contributed by atoms with Crippen LogP contribution in [-0.4, -0.2) is 30.8 Å². The van der Waals surface area contributed by atoms with Gasteiger partial charge in [-0.1, -0.05) is 16.8 Å². The van der Waals surface area contributed by atoms with Crippen LogP contribution < -0.4 is 5.43 Å². The summed E-state index contributed by atoms with van der Waals surface area (Å²) in [5, 5.41) is 6.45. The maximum atomic E-state index is 14.1. The maximum Gasteiger partial charge on any atom is 0.356 e. The molecule has 0 unspecified atom stereocenters. The van der Waals surface area contributed by atoms with Crippen molar-refractivity contribution in [3.8, 4) is 0 Å². The number of carbonyl (C=O) groups excluding carboxylic acids is 3. The highest BCUT2D eigenvalue weighted by Gasteiger charge is 2.32. The zero-order chi connectivity index (χ0) is 17.7. The van der Waals surface area contributed by atoms with Gasteiger partial charge in [0.25, 0.3) is 19.8 Å². The number of amides is 2. The Hall–Kier alpha value is -2.75. The second-order valence-corrected chi connectivity index (χ2v) is 4.88. The van der Waals surface area contributed by atoms with Crippen LogP contribution in [0.25, 0.3) is 6.08 Å². The minimum Gasteiger partial charge on any atom is -0.326 e. The quantitative estimate of drug-likeness (QED) is 0.288. The van der Waals surface area contributed by atoms with Crippen LogP contribution >= 0.6 is 11.6 Å². The van der Waals surface area contributed by atoms with Gasteiger partial charge in [-0.05, 0) is 18.2 Å². The van der Waals surface area contributed by atoms with Crippen LogP contribution in [0.1, 0.15) is 18.4 Å². The molecule has 24 heavy (non-hydrogen) atoms. The van der Waals surface area contributed by atoms with Crippen LogP contribution in [0.5, 0.6) is 0 Å². The van der Waals surface area contributed by atoms with Gasteiger partial charge in [0.1, 0.15) is 0 Å². The Morgan fingerprint density at radius 2 is 2.04 bits per heavy atom. The molecule has 8 nitrogen and oxygen atoms in total. The molecule has 1 aromatic carbocycles. The fourth-order valence-corrected chi connectivity index (χ4v) is 2.00. The lowest BCUT2D eigenvalue weighted by Crippen LogP contribution is -2.31. The lowest BCUT2D eigenvalue weighted by atomic mass is 10.1. The molecular weight excluding hydrogens is 341 g/mol. The van der Waals surface area contributed by atoms with E-state index in [-0.39, 0.29) is 29.1 Å². The summed E-state index contributed by atoms with van der Waals surface area (Å²) >= 11 is 5.68. The van der Waals surface area contributed by atoms with Crippen LogP contribution in [-0.2, 0) is 19.2 Å². The number of halogens is 2. The van der Waals surface area contributed by atoms with E-state index in [1.807, 2.05) is 0 Å². The molecule has 2 radical (unpaired) electrons. The van der Waals surface area contributed by atoms with E-state index in [2.05, 4.69) is 20.5 Å². The normalized spacial score (nSPS) is 14.8. The van der Waals surface area contributed by atoms with Gasteiger partial charge in [0.2, 0.25) is 0 Å². The molecule has 1 saturated heterocycles. The monoisotopic (exact) mass is 350 g/mol. The first-order valence-corrected chi connectivity index (χ1v) is 6.91. The molecular formula is C13H9BClFN4O4. The van der Waals surface area contributed by atoms with Crippen LogP contribution in [0.2, 0.25) is 5.02 Å². The van der Waals surface area contributed by atoms with Gasteiger partial charge in [-0.2, -0.15) is 0 Å². The maximum absolute atomic E-state index is 14.1. The van der Waals surface area contributed by atoms with Crippen molar-refractivity contribution >= 4 is 49.1 Å². The molecule has 0 atom stereocenters. The molecule has 1 fully saturated rings. The molecule has 0 aromatic heterocycles. The second kappa shape index (κ2) is 7.69. The van der Waals surface area contributed by atoms with Crippen molar-refractivity contribution in [1.82, 2.24) is 5.06 Å². The molecule has 11 heteroatoms. The van der Waals surface area contributed by atoms with Crippen LogP contribution in [0, 0.1) is 5.82 Å². The van der Waals surface area contributed by atoms with Crippen LogP contribution in [0.3, 0.4) is 0 Å². The third kappa shape index (κ3) is 3.96. The molecule has 1 N–H and O–H groups in total. The second-order valence-electron chi connectivity index (χ2n) is 4.48. The Balaban J connectivity index is 2.18. The number of benzene rings is 1.